The smallest absolute Gasteiger partial charge is 0.425 e. The van der Waals surface area contributed by atoms with Crippen molar-refractivity contribution in [2.75, 3.05) is 7.11 Å². The molecular formula is C11H11N3O2. The molecule has 0 unspecified atom stereocenters. The van der Waals surface area contributed by atoms with Gasteiger partial charge in [0.2, 0.25) is 0 Å². The summed E-state index contributed by atoms with van der Waals surface area (Å²) in [4.78, 5) is 10.8. The number of nitrogens with zero attached hydrogens (tertiary/aromatic N) is 1. The monoisotopic (exact) mass is 217 g/mol. The van der Waals surface area contributed by atoms with Gasteiger partial charge in [-0.1, -0.05) is 18.7 Å². The molecule has 0 saturated heterocycles. The number of carbonyl (C=O) groups excluding carboxylic acids is 1. The van der Waals surface area contributed by atoms with E-state index >= 15 is 0 Å². The lowest BCUT2D eigenvalue weighted by molar-refractivity contribution is 0.168. The van der Waals surface area contributed by atoms with Crippen molar-refractivity contribution in [3.63, 3.8) is 0 Å². The Morgan fingerprint density at radius 2 is 2.00 bits per heavy atom. The van der Waals surface area contributed by atoms with Crippen LogP contribution in [0, 0.1) is 11.3 Å². The lowest BCUT2D eigenvalue weighted by atomic mass is 10.1. The van der Waals surface area contributed by atoms with Crippen molar-refractivity contribution in [1.29, 1.82) is 5.26 Å². The number of ether oxygens (including phenoxy) is 1. The van der Waals surface area contributed by atoms with Crippen LogP contribution in [0.4, 0.5) is 4.79 Å². The van der Waals surface area contributed by atoms with Gasteiger partial charge in [-0.15, -0.1) is 0 Å². The third kappa shape index (κ3) is 3.03. The van der Waals surface area contributed by atoms with Crippen LogP contribution >= 0.6 is 0 Å². The molecule has 0 spiro atoms. The van der Waals surface area contributed by atoms with Gasteiger partial charge < -0.3 is 4.74 Å². The summed E-state index contributed by atoms with van der Waals surface area (Å²) in [7, 11) is 1.27. The lowest BCUT2D eigenvalue weighted by Gasteiger charge is -2.09. The second kappa shape index (κ2) is 5.41. The molecule has 1 rings (SSSR count). The third-order valence-corrected chi connectivity index (χ3v) is 1.86. The van der Waals surface area contributed by atoms with Crippen molar-refractivity contribution in [2.45, 2.75) is 0 Å². The molecule has 0 saturated carbocycles. The second-order valence-electron chi connectivity index (χ2n) is 2.91. The van der Waals surface area contributed by atoms with E-state index in [1.165, 1.54) is 7.11 Å². The highest BCUT2D eigenvalue weighted by molar-refractivity contribution is 5.70. The van der Waals surface area contributed by atoms with Gasteiger partial charge in [-0.3, -0.25) is 5.43 Å². The first-order valence-electron chi connectivity index (χ1n) is 4.47. The first kappa shape index (κ1) is 11.6. The van der Waals surface area contributed by atoms with Gasteiger partial charge in [0.1, 0.15) is 0 Å². The van der Waals surface area contributed by atoms with E-state index in [4.69, 9.17) is 5.26 Å². The van der Waals surface area contributed by atoms with E-state index in [1.54, 1.807) is 24.3 Å². The van der Waals surface area contributed by atoms with Crippen LogP contribution in [0.1, 0.15) is 11.1 Å². The number of hydrogen-bond acceptors (Lipinski definition) is 4. The highest BCUT2D eigenvalue weighted by atomic mass is 16.5. The first-order valence-corrected chi connectivity index (χ1v) is 4.47. The van der Waals surface area contributed by atoms with Crippen LogP contribution in [0.5, 0.6) is 0 Å². The normalized spacial score (nSPS) is 8.75. The molecule has 0 atom stereocenters. The lowest BCUT2D eigenvalue weighted by Crippen LogP contribution is -2.35. The van der Waals surface area contributed by atoms with E-state index in [2.05, 4.69) is 22.2 Å². The van der Waals surface area contributed by atoms with Gasteiger partial charge in [0, 0.05) is 0 Å². The van der Waals surface area contributed by atoms with Crippen LogP contribution in [-0.4, -0.2) is 13.2 Å². The standard InChI is InChI=1S/C11H11N3O2/c1-8(13-14-11(15)16-2)10-5-3-9(7-12)4-6-10/h3-6,13H,1H2,2H3,(H,14,15). The van der Waals surface area contributed by atoms with Crippen molar-refractivity contribution in [1.82, 2.24) is 10.9 Å². The molecule has 0 fully saturated rings. The molecule has 2 N–H and O–H groups in total. The summed E-state index contributed by atoms with van der Waals surface area (Å²) < 4.78 is 4.38. The number of hydrogen-bond donors (Lipinski definition) is 2. The molecule has 1 aromatic rings. The molecule has 0 aliphatic heterocycles. The predicted molar refractivity (Wildman–Crippen MR) is 58.9 cm³/mol. The van der Waals surface area contributed by atoms with Gasteiger partial charge in [0.25, 0.3) is 0 Å². The third-order valence-electron chi connectivity index (χ3n) is 1.86. The Bertz CT molecular complexity index is 432. The zero-order valence-corrected chi connectivity index (χ0v) is 8.78. The molecule has 0 aliphatic carbocycles. The zero-order valence-electron chi connectivity index (χ0n) is 8.78. The van der Waals surface area contributed by atoms with Crippen LogP contribution in [-0.2, 0) is 4.74 Å². The number of nitrogens with one attached hydrogen (secondary N) is 2. The van der Waals surface area contributed by atoms with E-state index in [-0.39, 0.29) is 0 Å². The van der Waals surface area contributed by atoms with E-state index in [0.29, 0.717) is 11.3 Å². The van der Waals surface area contributed by atoms with E-state index in [1.807, 2.05) is 6.07 Å². The first-order chi connectivity index (χ1) is 7.67. The number of nitriles is 1. The summed E-state index contributed by atoms with van der Waals surface area (Å²) in [5, 5.41) is 8.61. The molecule has 5 nitrogen and oxygen atoms in total. The highest BCUT2D eigenvalue weighted by Crippen LogP contribution is 2.09. The minimum absolute atomic E-state index is 0.509. The van der Waals surface area contributed by atoms with Gasteiger partial charge in [-0.25, -0.2) is 10.2 Å². The van der Waals surface area contributed by atoms with Gasteiger partial charge in [-0.05, 0) is 17.7 Å². The Labute approximate surface area is 93.3 Å². The Hall–Kier alpha value is -2.48. The number of benzene rings is 1. The summed E-state index contributed by atoms with van der Waals surface area (Å²) >= 11 is 0. The minimum atomic E-state index is -0.602. The summed E-state index contributed by atoms with van der Waals surface area (Å²) in [6.45, 7) is 3.72. The van der Waals surface area contributed by atoms with Crippen molar-refractivity contribution < 1.29 is 9.53 Å². The van der Waals surface area contributed by atoms with Crippen molar-refractivity contribution in [3.8, 4) is 6.07 Å². The van der Waals surface area contributed by atoms with Crippen LogP contribution in [0.15, 0.2) is 30.8 Å². The summed E-state index contributed by atoms with van der Waals surface area (Å²) in [6, 6.07) is 8.80. The zero-order chi connectivity index (χ0) is 12.0. The maximum atomic E-state index is 10.8. The van der Waals surface area contributed by atoms with E-state index in [9.17, 15) is 4.79 Å². The molecule has 1 aromatic carbocycles. The highest BCUT2D eigenvalue weighted by Gasteiger charge is 2.01. The van der Waals surface area contributed by atoms with E-state index < -0.39 is 6.09 Å². The largest absolute Gasteiger partial charge is 0.452 e. The molecule has 82 valence electrons. The van der Waals surface area contributed by atoms with Crippen LogP contribution in [0.3, 0.4) is 0 Å². The Morgan fingerprint density at radius 3 is 2.50 bits per heavy atom. The minimum Gasteiger partial charge on any atom is -0.452 e. The SMILES string of the molecule is C=C(NNC(=O)OC)c1ccc(C#N)cc1. The number of carbonyl (C=O) groups is 1. The average molecular weight is 217 g/mol. The number of methoxy groups -OCH3 is 1. The van der Waals surface area contributed by atoms with Crippen LogP contribution < -0.4 is 10.9 Å². The van der Waals surface area contributed by atoms with Crippen molar-refractivity contribution in [2.24, 2.45) is 0 Å². The fourth-order valence-corrected chi connectivity index (χ4v) is 0.996. The molecule has 0 bridgehead atoms. The Balaban J connectivity index is 2.60. The van der Waals surface area contributed by atoms with Crippen molar-refractivity contribution in [3.05, 3.63) is 42.0 Å². The van der Waals surface area contributed by atoms with Gasteiger partial charge in [0.15, 0.2) is 0 Å². The Morgan fingerprint density at radius 1 is 1.38 bits per heavy atom. The fraction of sp³-hybridized carbons (Fsp3) is 0.0909. The molecule has 0 heterocycles. The molecule has 0 radical (unpaired) electrons. The van der Waals surface area contributed by atoms with Crippen molar-refractivity contribution >= 4 is 11.8 Å². The number of hydrazine groups is 1. The molecule has 1 amide bonds. The average Bonchev–Trinajstić information content (AvgIpc) is 2.35. The summed E-state index contributed by atoms with van der Waals surface area (Å²) in [6.07, 6.45) is -0.602. The van der Waals surface area contributed by atoms with Gasteiger partial charge in [0.05, 0.1) is 24.4 Å². The fourth-order valence-electron chi connectivity index (χ4n) is 0.996. The topological polar surface area (TPSA) is 74.2 Å². The Kier molecular flexibility index (Phi) is 3.92. The molecule has 0 aromatic heterocycles. The molecule has 0 aliphatic rings. The quantitative estimate of drug-likeness (QED) is 0.750. The maximum absolute atomic E-state index is 10.8. The van der Waals surface area contributed by atoms with Crippen LogP contribution in [0.25, 0.3) is 5.70 Å². The molecular weight excluding hydrogens is 206 g/mol. The second-order valence-corrected chi connectivity index (χ2v) is 2.91. The number of amides is 1. The summed E-state index contributed by atoms with van der Waals surface area (Å²) in [5.41, 5.74) is 6.72. The van der Waals surface area contributed by atoms with Gasteiger partial charge >= 0.3 is 6.09 Å². The van der Waals surface area contributed by atoms with Crippen LogP contribution in [0.2, 0.25) is 0 Å². The summed E-state index contributed by atoms with van der Waals surface area (Å²) in [5.74, 6) is 0. The molecule has 16 heavy (non-hydrogen) atoms. The predicted octanol–water partition coefficient (Wildman–Crippen LogP) is 1.39. The van der Waals surface area contributed by atoms with Gasteiger partial charge in [-0.2, -0.15) is 5.26 Å². The van der Waals surface area contributed by atoms with E-state index in [0.717, 1.165) is 5.56 Å². The molecule has 5 heteroatoms. The maximum Gasteiger partial charge on any atom is 0.425 e. The number of rotatable bonds is 3.